The maximum Gasteiger partial charge on any atom is 0.258 e. The van der Waals surface area contributed by atoms with E-state index in [1.165, 1.54) is 28.8 Å². The highest BCUT2D eigenvalue weighted by Gasteiger charge is 2.49. The Morgan fingerprint density at radius 2 is 1.81 bits per heavy atom. The van der Waals surface area contributed by atoms with Gasteiger partial charge in [0, 0.05) is 23.2 Å². The molecule has 0 N–H and O–H groups in total. The van der Waals surface area contributed by atoms with Crippen LogP contribution in [0.3, 0.4) is 0 Å². The van der Waals surface area contributed by atoms with Gasteiger partial charge >= 0.3 is 0 Å². The van der Waals surface area contributed by atoms with Crippen LogP contribution in [-0.4, -0.2) is 36.6 Å². The van der Waals surface area contributed by atoms with Crippen LogP contribution in [0.5, 0.6) is 0 Å². The first kappa shape index (κ1) is 20.0. The van der Waals surface area contributed by atoms with Crippen molar-refractivity contribution in [1.29, 1.82) is 0 Å². The first-order valence-corrected chi connectivity index (χ1v) is 11.0. The summed E-state index contributed by atoms with van der Waals surface area (Å²) >= 11 is 0. The number of rotatable bonds is 3. The van der Waals surface area contributed by atoms with E-state index in [0.29, 0.717) is 11.5 Å². The molecule has 31 heavy (non-hydrogen) atoms. The van der Waals surface area contributed by atoms with Crippen LogP contribution in [0.4, 0.5) is 10.1 Å². The maximum atomic E-state index is 13.5. The molecule has 0 saturated carbocycles. The molecule has 0 aromatic heterocycles. The van der Waals surface area contributed by atoms with Crippen molar-refractivity contribution in [1.82, 2.24) is 0 Å². The Hall–Kier alpha value is -2.98. The van der Waals surface area contributed by atoms with Crippen LogP contribution in [0, 0.1) is 12.7 Å². The Balaban J connectivity index is 1.49. The second-order valence-corrected chi connectivity index (χ2v) is 9.38. The molecule has 1 amide bonds. The summed E-state index contributed by atoms with van der Waals surface area (Å²) in [4.78, 5) is 15.5. The number of nitrogens with zero attached hydrogens (tertiary/aromatic N) is 2. The van der Waals surface area contributed by atoms with E-state index in [-0.39, 0.29) is 17.8 Å². The van der Waals surface area contributed by atoms with Gasteiger partial charge in [-0.15, -0.1) is 0 Å². The van der Waals surface area contributed by atoms with Crippen LogP contribution in [0.15, 0.2) is 72.8 Å². The van der Waals surface area contributed by atoms with Crippen LogP contribution in [0.25, 0.3) is 0 Å². The lowest BCUT2D eigenvalue weighted by molar-refractivity contribution is -0.928. The molecule has 4 heteroatoms. The largest absolute Gasteiger partial charge is 0.322 e. The van der Waals surface area contributed by atoms with E-state index in [0.717, 1.165) is 36.2 Å². The van der Waals surface area contributed by atoms with Gasteiger partial charge in [-0.1, -0.05) is 48.0 Å². The Morgan fingerprint density at radius 1 is 1.06 bits per heavy atom. The molecule has 3 aromatic rings. The Bertz CT molecular complexity index is 1110. The summed E-state index contributed by atoms with van der Waals surface area (Å²) in [5, 5.41) is 0. The predicted molar refractivity (Wildman–Crippen MR) is 122 cm³/mol. The molecule has 0 aliphatic carbocycles. The second-order valence-electron chi connectivity index (χ2n) is 9.38. The van der Waals surface area contributed by atoms with Gasteiger partial charge in [-0.2, -0.15) is 0 Å². The van der Waals surface area contributed by atoms with E-state index in [1.54, 1.807) is 12.1 Å². The number of likely N-dealkylation sites (N-methyl/N-ethyl adjacent to an activating group) is 1. The minimum absolute atomic E-state index is 0.0308. The topological polar surface area (TPSA) is 20.3 Å². The van der Waals surface area contributed by atoms with Crippen LogP contribution in [0.1, 0.15) is 39.4 Å². The third-order valence-corrected chi connectivity index (χ3v) is 6.96. The molecule has 0 unspecified atom stereocenters. The van der Waals surface area contributed by atoms with Gasteiger partial charge in [0.15, 0.2) is 0 Å². The monoisotopic (exact) mass is 415 g/mol. The number of likely N-dealkylation sites (tertiary alicyclic amines) is 1. The normalized spacial score (nSPS) is 24.5. The van der Waals surface area contributed by atoms with Crippen LogP contribution in [0.2, 0.25) is 0 Å². The number of halogens is 1. The van der Waals surface area contributed by atoms with Crippen molar-refractivity contribution in [3.63, 3.8) is 0 Å². The number of anilines is 1. The van der Waals surface area contributed by atoms with E-state index in [4.69, 9.17) is 0 Å². The van der Waals surface area contributed by atoms with Crippen molar-refractivity contribution in [2.45, 2.75) is 31.8 Å². The lowest BCUT2D eigenvalue weighted by Gasteiger charge is -2.44. The number of carbonyl (C=O) groups is 1. The van der Waals surface area contributed by atoms with Gasteiger partial charge in [-0.3, -0.25) is 4.79 Å². The molecule has 2 aliphatic rings. The van der Waals surface area contributed by atoms with Gasteiger partial charge < -0.3 is 9.38 Å². The summed E-state index contributed by atoms with van der Waals surface area (Å²) in [5.41, 5.74) is 5.41. The van der Waals surface area contributed by atoms with Gasteiger partial charge in [0.1, 0.15) is 12.4 Å². The lowest BCUT2D eigenvalue weighted by Crippen LogP contribution is -2.56. The number of amides is 1. The van der Waals surface area contributed by atoms with E-state index in [9.17, 15) is 9.18 Å². The summed E-state index contributed by atoms with van der Waals surface area (Å²) in [6, 6.07) is 23.2. The Labute approximate surface area is 183 Å². The zero-order chi connectivity index (χ0) is 21.6. The molecule has 0 radical (unpaired) electrons. The quantitative estimate of drug-likeness (QED) is 0.532. The molecule has 0 spiro atoms. The predicted octanol–water partition coefficient (Wildman–Crippen LogP) is 5.30. The SMILES string of the molecule is Cc1ccc2c(c1)[C@@H]1C[N@@+](C)(Cc3ccccc3)CC[C@@H]1N2C(=O)c1ccc(F)cc1. The number of benzene rings is 3. The molecule has 2 heterocycles. The number of piperidine rings is 1. The van der Waals surface area contributed by atoms with Crippen LogP contribution >= 0.6 is 0 Å². The van der Waals surface area contributed by atoms with Crippen molar-refractivity contribution in [2.24, 2.45) is 0 Å². The fourth-order valence-corrected chi connectivity index (χ4v) is 5.48. The highest BCUT2D eigenvalue weighted by molar-refractivity contribution is 6.08. The number of quaternary nitrogens is 1. The van der Waals surface area contributed by atoms with E-state index in [2.05, 4.69) is 62.5 Å². The summed E-state index contributed by atoms with van der Waals surface area (Å²) in [7, 11) is 2.34. The van der Waals surface area contributed by atoms with E-state index in [1.807, 2.05) is 4.90 Å². The third-order valence-electron chi connectivity index (χ3n) is 6.96. The molecular formula is C27H28FN2O+. The highest BCUT2D eigenvalue weighted by Crippen LogP contribution is 2.47. The van der Waals surface area contributed by atoms with Gasteiger partial charge in [0.2, 0.25) is 0 Å². The average molecular weight is 416 g/mol. The summed E-state index contributed by atoms with van der Waals surface area (Å²) in [6.07, 6.45) is 0.953. The summed E-state index contributed by atoms with van der Waals surface area (Å²) < 4.78 is 14.4. The van der Waals surface area contributed by atoms with Crippen molar-refractivity contribution in [2.75, 3.05) is 25.0 Å². The smallest absolute Gasteiger partial charge is 0.258 e. The van der Waals surface area contributed by atoms with Crippen molar-refractivity contribution in [3.05, 3.63) is 101 Å². The minimum atomic E-state index is -0.321. The molecule has 3 atom stereocenters. The molecule has 1 fully saturated rings. The fraction of sp³-hybridized carbons (Fsp3) is 0.296. The van der Waals surface area contributed by atoms with Crippen molar-refractivity contribution in [3.8, 4) is 0 Å². The number of aryl methyl sites for hydroxylation is 1. The summed E-state index contributed by atoms with van der Waals surface area (Å²) in [6.45, 7) is 5.14. The molecule has 3 aromatic carbocycles. The van der Waals surface area contributed by atoms with E-state index >= 15 is 0 Å². The fourth-order valence-electron chi connectivity index (χ4n) is 5.48. The number of hydrogen-bond donors (Lipinski definition) is 0. The standard InChI is InChI=1S/C27H28FN2O/c1-19-8-13-25-23(16-19)24-18-30(2,17-20-6-4-3-5-7-20)15-14-26(24)29(25)27(31)21-9-11-22(28)12-10-21/h3-13,16,24,26H,14-15,17-18H2,1-2H3/q+1/t24-,26-,30+/m0/s1. The maximum absolute atomic E-state index is 13.5. The molecule has 5 rings (SSSR count). The van der Waals surface area contributed by atoms with Gasteiger partial charge in [-0.05, 0) is 42.8 Å². The van der Waals surface area contributed by atoms with E-state index < -0.39 is 0 Å². The number of carbonyl (C=O) groups excluding carboxylic acids is 1. The molecule has 0 bridgehead atoms. The minimum Gasteiger partial charge on any atom is -0.322 e. The van der Waals surface area contributed by atoms with Crippen molar-refractivity contribution < 1.29 is 13.7 Å². The second kappa shape index (κ2) is 7.61. The van der Waals surface area contributed by atoms with Crippen LogP contribution < -0.4 is 4.90 Å². The highest BCUT2D eigenvalue weighted by atomic mass is 19.1. The third kappa shape index (κ3) is 3.66. The molecular weight excluding hydrogens is 387 g/mol. The first-order valence-electron chi connectivity index (χ1n) is 11.0. The van der Waals surface area contributed by atoms with Crippen LogP contribution in [-0.2, 0) is 6.54 Å². The summed E-state index contributed by atoms with van der Waals surface area (Å²) in [5.74, 6) is -0.0444. The van der Waals surface area contributed by atoms with Crippen molar-refractivity contribution >= 4 is 11.6 Å². The molecule has 1 saturated heterocycles. The zero-order valence-corrected chi connectivity index (χ0v) is 18.1. The van der Waals surface area contributed by atoms with Gasteiger partial charge in [-0.25, -0.2) is 4.39 Å². The Kier molecular flexibility index (Phi) is 4.90. The van der Waals surface area contributed by atoms with Gasteiger partial charge in [0.05, 0.1) is 32.1 Å². The Morgan fingerprint density at radius 3 is 2.55 bits per heavy atom. The lowest BCUT2D eigenvalue weighted by atomic mass is 9.87. The molecule has 158 valence electrons. The van der Waals surface area contributed by atoms with Gasteiger partial charge in [0.25, 0.3) is 5.91 Å². The molecule has 3 nitrogen and oxygen atoms in total. The molecule has 2 aliphatic heterocycles. The number of hydrogen-bond acceptors (Lipinski definition) is 1. The number of fused-ring (bicyclic) bond motifs is 3. The first-order chi connectivity index (χ1) is 14.9. The zero-order valence-electron chi connectivity index (χ0n) is 18.1. The average Bonchev–Trinajstić information content (AvgIpc) is 3.06.